The standard InChI is InChI=1S/C23H24N2O3/c1-3-25(21-13-28-14-22(21)26)23(27)18-12-20(16-10-8-15(2)9-11-16)24-19-7-5-4-6-17(18)19/h4-12,21-22,26H,3,13-14H2,1-2H3/t21-,22-/m1/s1. The van der Waals surface area contributed by atoms with Crippen molar-refractivity contribution in [3.8, 4) is 11.3 Å². The number of nitrogens with zero attached hydrogens (tertiary/aromatic N) is 2. The predicted molar refractivity (Wildman–Crippen MR) is 109 cm³/mol. The fraction of sp³-hybridized carbons (Fsp3) is 0.304. The van der Waals surface area contributed by atoms with Gasteiger partial charge < -0.3 is 14.7 Å². The molecule has 0 unspecified atom stereocenters. The van der Waals surface area contributed by atoms with E-state index in [0.29, 0.717) is 18.7 Å². The third-order valence-corrected chi connectivity index (χ3v) is 5.32. The van der Waals surface area contributed by atoms with E-state index < -0.39 is 6.10 Å². The van der Waals surface area contributed by atoms with Crippen LogP contribution in [0.15, 0.2) is 54.6 Å². The molecule has 144 valence electrons. The third-order valence-electron chi connectivity index (χ3n) is 5.32. The van der Waals surface area contributed by atoms with Crippen molar-refractivity contribution in [1.29, 1.82) is 0 Å². The van der Waals surface area contributed by atoms with Gasteiger partial charge >= 0.3 is 0 Å². The number of hydrogen-bond donors (Lipinski definition) is 1. The number of carbonyl (C=O) groups excluding carboxylic acids is 1. The molecular weight excluding hydrogens is 352 g/mol. The number of aliphatic hydroxyl groups excluding tert-OH is 1. The molecule has 2 heterocycles. The molecule has 28 heavy (non-hydrogen) atoms. The molecule has 3 aromatic rings. The van der Waals surface area contributed by atoms with Crippen LogP contribution >= 0.6 is 0 Å². The van der Waals surface area contributed by atoms with Crippen LogP contribution in [0.25, 0.3) is 22.2 Å². The maximum absolute atomic E-state index is 13.5. The first-order valence-electron chi connectivity index (χ1n) is 9.62. The number of aromatic nitrogens is 1. The van der Waals surface area contributed by atoms with Crippen molar-refractivity contribution >= 4 is 16.8 Å². The van der Waals surface area contributed by atoms with Crippen LogP contribution < -0.4 is 0 Å². The van der Waals surface area contributed by atoms with Crippen LogP contribution in [0.1, 0.15) is 22.8 Å². The Labute approximate surface area is 164 Å². The van der Waals surface area contributed by atoms with Gasteiger partial charge in [0.15, 0.2) is 0 Å². The van der Waals surface area contributed by atoms with Crippen LogP contribution in [-0.2, 0) is 4.74 Å². The molecule has 1 saturated heterocycles. The molecule has 1 aromatic heterocycles. The zero-order chi connectivity index (χ0) is 19.7. The van der Waals surface area contributed by atoms with Gasteiger partial charge in [0.1, 0.15) is 0 Å². The number of fused-ring (bicyclic) bond motifs is 1. The van der Waals surface area contributed by atoms with E-state index in [0.717, 1.165) is 22.2 Å². The summed E-state index contributed by atoms with van der Waals surface area (Å²) in [6, 6.07) is 17.3. The van der Waals surface area contributed by atoms with Crippen LogP contribution in [0.5, 0.6) is 0 Å². The van der Waals surface area contributed by atoms with Gasteiger partial charge in [0, 0.05) is 17.5 Å². The van der Waals surface area contributed by atoms with E-state index >= 15 is 0 Å². The van der Waals surface area contributed by atoms with Gasteiger partial charge in [-0.05, 0) is 26.0 Å². The summed E-state index contributed by atoms with van der Waals surface area (Å²) in [5.74, 6) is -0.107. The van der Waals surface area contributed by atoms with E-state index in [1.807, 2.05) is 68.4 Å². The number of amides is 1. The van der Waals surface area contributed by atoms with Gasteiger partial charge in [0.05, 0.1) is 42.1 Å². The molecule has 0 aliphatic carbocycles. The summed E-state index contributed by atoms with van der Waals surface area (Å²) < 4.78 is 5.37. The fourth-order valence-corrected chi connectivity index (χ4v) is 3.74. The summed E-state index contributed by atoms with van der Waals surface area (Å²) in [4.78, 5) is 20.0. The van der Waals surface area contributed by atoms with Crippen molar-refractivity contribution in [3.63, 3.8) is 0 Å². The zero-order valence-corrected chi connectivity index (χ0v) is 16.1. The minimum Gasteiger partial charge on any atom is -0.388 e. The maximum Gasteiger partial charge on any atom is 0.255 e. The van der Waals surface area contributed by atoms with Gasteiger partial charge in [-0.25, -0.2) is 4.98 Å². The molecule has 0 saturated carbocycles. The molecule has 4 rings (SSSR count). The number of para-hydroxylation sites is 1. The Kier molecular flexibility index (Phi) is 5.11. The predicted octanol–water partition coefficient (Wildman–Crippen LogP) is 3.43. The Hall–Kier alpha value is -2.76. The molecule has 5 heteroatoms. The Morgan fingerprint density at radius 3 is 2.61 bits per heavy atom. The second kappa shape index (κ2) is 7.70. The number of carbonyl (C=O) groups is 1. The first kappa shape index (κ1) is 18.6. The van der Waals surface area contributed by atoms with Crippen molar-refractivity contribution in [2.45, 2.75) is 26.0 Å². The Morgan fingerprint density at radius 1 is 1.18 bits per heavy atom. The van der Waals surface area contributed by atoms with E-state index in [1.54, 1.807) is 4.90 Å². The first-order valence-corrected chi connectivity index (χ1v) is 9.62. The Bertz CT molecular complexity index is 1000. The number of benzene rings is 2. The highest BCUT2D eigenvalue weighted by molar-refractivity contribution is 6.07. The fourth-order valence-electron chi connectivity index (χ4n) is 3.74. The summed E-state index contributed by atoms with van der Waals surface area (Å²) in [5.41, 5.74) is 4.29. The second-order valence-electron chi connectivity index (χ2n) is 7.20. The summed E-state index contributed by atoms with van der Waals surface area (Å²) in [6.07, 6.45) is -0.659. The largest absolute Gasteiger partial charge is 0.388 e. The SMILES string of the molecule is CCN(C(=O)c1cc(-c2ccc(C)cc2)nc2ccccc12)[C@@H]1COC[C@H]1O. The molecule has 0 spiro atoms. The van der Waals surface area contributed by atoms with Crippen LogP contribution in [-0.4, -0.2) is 52.8 Å². The zero-order valence-electron chi connectivity index (χ0n) is 16.1. The molecule has 1 N–H and O–H groups in total. The van der Waals surface area contributed by atoms with Crippen LogP contribution in [0.4, 0.5) is 0 Å². The lowest BCUT2D eigenvalue weighted by Gasteiger charge is -2.29. The molecule has 5 nitrogen and oxygen atoms in total. The van der Waals surface area contributed by atoms with E-state index in [4.69, 9.17) is 9.72 Å². The lowest BCUT2D eigenvalue weighted by Crippen LogP contribution is -2.46. The van der Waals surface area contributed by atoms with E-state index in [-0.39, 0.29) is 18.6 Å². The highest BCUT2D eigenvalue weighted by Gasteiger charge is 2.34. The summed E-state index contributed by atoms with van der Waals surface area (Å²) in [7, 11) is 0. The van der Waals surface area contributed by atoms with Gasteiger partial charge in [-0.2, -0.15) is 0 Å². The minimum atomic E-state index is -0.659. The van der Waals surface area contributed by atoms with Crippen molar-refractivity contribution < 1.29 is 14.6 Å². The molecule has 1 amide bonds. The van der Waals surface area contributed by atoms with Crippen LogP contribution in [0.3, 0.4) is 0 Å². The number of ether oxygens (including phenoxy) is 1. The summed E-state index contributed by atoms with van der Waals surface area (Å²) in [6.45, 7) is 5.09. The number of hydrogen-bond acceptors (Lipinski definition) is 4. The van der Waals surface area contributed by atoms with Gasteiger partial charge in [-0.15, -0.1) is 0 Å². The van der Waals surface area contributed by atoms with Gasteiger partial charge in [0.2, 0.25) is 0 Å². The smallest absolute Gasteiger partial charge is 0.255 e. The molecule has 1 fully saturated rings. The van der Waals surface area contributed by atoms with E-state index in [1.165, 1.54) is 5.56 Å². The lowest BCUT2D eigenvalue weighted by molar-refractivity contribution is 0.0522. The Morgan fingerprint density at radius 2 is 1.93 bits per heavy atom. The summed E-state index contributed by atoms with van der Waals surface area (Å²) >= 11 is 0. The van der Waals surface area contributed by atoms with E-state index in [9.17, 15) is 9.90 Å². The number of aryl methyl sites for hydroxylation is 1. The molecule has 1 aliphatic heterocycles. The minimum absolute atomic E-state index is 0.107. The van der Waals surface area contributed by atoms with E-state index in [2.05, 4.69) is 0 Å². The summed E-state index contributed by atoms with van der Waals surface area (Å²) in [5, 5.41) is 11.0. The van der Waals surface area contributed by atoms with Crippen molar-refractivity contribution in [3.05, 3.63) is 65.7 Å². The van der Waals surface area contributed by atoms with Crippen molar-refractivity contribution in [2.75, 3.05) is 19.8 Å². The van der Waals surface area contributed by atoms with Gasteiger partial charge in [-0.1, -0.05) is 48.0 Å². The topological polar surface area (TPSA) is 62.7 Å². The van der Waals surface area contributed by atoms with Gasteiger partial charge in [0.25, 0.3) is 5.91 Å². The average Bonchev–Trinajstić information content (AvgIpc) is 3.14. The highest BCUT2D eigenvalue weighted by Crippen LogP contribution is 2.27. The third kappa shape index (κ3) is 3.39. The van der Waals surface area contributed by atoms with Crippen molar-refractivity contribution in [1.82, 2.24) is 9.88 Å². The number of pyridine rings is 1. The normalized spacial score (nSPS) is 19.1. The van der Waals surface area contributed by atoms with Crippen LogP contribution in [0.2, 0.25) is 0 Å². The van der Waals surface area contributed by atoms with Gasteiger partial charge in [-0.3, -0.25) is 4.79 Å². The second-order valence-corrected chi connectivity index (χ2v) is 7.20. The number of aliphatic hydroxyl groups is 1. The molecule has 0 radical (unpaired) electrons. The Balaban J connectivity index is 1.82. The maximum atomic E-state index is 13.5. The van der Waals surface area contributed by atoms with Crippen LogP contribution in [0, 0.1) is 6.92 Å². The van der Waals surface area contributed by atoms with Crippen molar-refractivity contribution in [2.24, 2.45) is 0 Å². The lowest BCUT2D eigenvalue weighted by atomic mass is 10.0. The quantitative estimate of drug-likeness (QED) is 0.758. The highest BCUT2D eigenvalue weighted by atomic mass is 16.5. The number of likely N-dealkylation sites (N-methyl/N-ethyl adjacent to an activating group) is 1. The average molecular weight is 376 g/mol. The molecule has 2 atom stereocenters. The molecule has 1 aliphatic rings. The number of rotatable bonds is 4. The monoisotopic (exact) mass is 376 g/mol. The molecule has 0 bridgehead atoms. The molecular formula is C23H24N2O3. The first-order chi connectivity index (χ1) is 13.6. The molecule has 2 aromatic carbocycles.